The third-order valence-corrected chi connectivity index (χ3v) is 4.49. The van der Waals surface area contributed by atoms with Crippen molar-refractivity contribution in [1.82, 2.24) is 16.0 Å². The van der Waals surface area contributed by atoms with E-state index in [1.54, 1.807) is 24.3 Å². The van der Waals surface area contributed by atoms with Crippen LogP contribution in [0.25, 0.3) is 0 Å². The van der Waals surface area contributed by atoms with Crippen LogP contribution in [0.4, 0.5) is 16.2 Å². The first-order valence-corrected chi connectivity index (χ1v) is 8.10. The van der Waals surface area contributed by atoms with E-state index in [9.17, 15) is 14.4 Å². The van der Waals surface area contributed by atoms with Gasteiger partial charge in [-0.15, -0.1) is 0 Å². The summed E-state index contributed by atoms with van der Waals surface area (Å²) < 4.78 is 0. The van der Waals surface area contributed by atoms with Crippen molar-refractivity contribution in [3.8, 4) is 0 Å². The van der Waals surface area contributed by atoms with E-state index in [2.05, 4.69) is 26.5 Å². The molecule has 3 rings (SSSR count). The van der Waals surface area contributed by atoms with Gasteiger partial charge < -0.3 is 21.8 Å². The molecule has 1 saturated heterocycles. The van der Waals surface area contributed by atoms with Crippen molar-refractivity contribution >= 4 is 41.1 Å². The van der Waals surface area contributed by atoms with Crippen molar-refractivity contribution in [2.45, 2.75) is 24.9 Å². The predicted octanol–water partition coefficient (Wildman–Crippen LogP) is 0.138. The molecule has 1 aromatic rings. The molecule has 0 aromatic heterocycles. The highest BCUT2D eigenvalue weighted by molar-refractivity contribution is 6.60. The van der Waals surface area contributed by atoms with Gasteiger partial charge in [0.05, 0.1) is 11.9 Å². The molecule has 10 heteroatoms. The zero-order valence-electron chi connectivity index (χ0n) is 13.8. The van der Waals surface area contributed by atoms with Gasteiger partial charge >= 0.3 is 6.03 Å². The van der Waals surface area contributed by atoms with E-state index >= 15 is 0 Å². The summed E-state index contributed by atoms with van der Waals surface area (Å²) >= 11 is 0. The number of amides is 4. The molecular formula is C16H19N7O3. The lowest BCUT2D eigenvalue weighted by atomic mass is 9.75. The lowest BCUT2D eigenvalue weighted by Gasteiger charge is -2.40. The normalized spacial score (nSPS) is 22.8. The molecule has 26 heavy (non-hydrogen) atoms. The minimum absolute atomic E-state index is 0.202. The molecule has 0 bridgehead atoms. The van der Waals surface area contributed by atoms with Gasteiger partial charge in [-0.2, -0.15) is 5.10 Å². The Hall–Kier alpha value is -3.43. The Balaban J connectivity index is 1.77. The smallest absolute Gasteiger partial charge is 0.323 e. The molecule has 7 N–H and O–H groups in total. The summed E-state index contributed by atoms with van der Waals surface area (Å²) in [6, 6.07) is 6.06. The molecule has 1 aliphatic carbocycles. The molecule has 1 aromatic carbocycles. The number of benzene rings is 1. The number of nitrogen functional groups attached to an aromatic ring is 1. The van der Waals surface area contributed by atoms with Crippen LogP contribution in [0.1, 0.15) is 19.3 Å². The summed E-state index contributed by atoms with van der Waals surface area (Å²) in [5.41, 5.74) is 7.61. The van der Waals surface area contributed by atoms with E-state index in [0.717, 1.165) is 12.6 Å². The van der Waals surface area contributed by atoms with E-state index < -0.39 is 23.5 Å². The lowest BCUT2D eigenvalue weighted by molar-refractivity contribution is -0.133. The highest BCUT2D eigenvalue weighted by Crippen LogP contribution is 2.36. The number of nitrogens with one attached hydrogen (secondary N) is 5. The standard InChI is InChI=1S/C16H19N7O3/c17-8-12(23-22-11-6-2-5-10(18)7-11)13(24)20-16(9-3-1-4-9)14(25)19-15(26)21-16/h2,5-9,17,22H,1,3-4,18H2,(H,20,24)(H2,19,21,25,26)/b17-8?,23-12+. The first-order valence-electron chi connectivity index (χ1n) is 8.10. The van der Waals surface area contributed by atoms with Crippen LogP contribution < -0.4 is 27.1 Å². The largest absolute Gasteiger partial charge is 0.399 e. The maximum atomic E-state index is 12.5. The number of nitrogens with zero attached hydrogens (tertiary/aromatic N) is 1. The summed E-state index contributed by atoms with van der Waals surface area (Å²) in [5, 5.41) is 18.5. The van der Waals surface area contributed by atoms with Gasteiger partial charge in [0, 0.05) is 11.6 Å². The quantitative estimate of drug-likeness (QED) is 0.184. The number of carbonyl (C=O) groups excluding carboxylic acids is 3. The first-order chi connectivity index (χ1) is 12.4. The lowest BCUT2D eigenvalue weighted by Crippen LogP contribution is -2.67. The van der Waals surface area contributed by atoms with Crippen LogP contribution in [0.3, 0.4) is 0 Å². The average molecular weight is 357 g/mol. The maximum Gasteiger partial charge on any atom is 0.323 e. The van der Waals surface area contributed by atoms with Gasteiger partial charge in [0.1, 0.15) is 0 Å². The van der Waals surface area contributed by atoms with Gasteiger partial charge in [-0.3, -0.25) is 20.3 Å². The van der Waals surface area contributed by atoms with E-state index in [1.165, 1.54) is 0 Å². The summed E-state index contributed by atoms with van der Waals surface area (Å²) in [6.07, 6.45) is 3.07. The van der Waals surface area contributed by atoms with Crippen LogP contribution in [0.5, 0.6) is 0 Å². The topological polar surface area (TPSA) is 162 Å². The van der Waals surface area contributed by atoms with Gasteiger partial charge in [0.15, 0.2) is 11.4 Å². The molecule has 1 atom stereocenters. The van der Waals surface area contributed by atoms with Crippen molar-refractivity contribution in [3.05, 3.63) is 24.3 Å². The number of carbonyl (C=O) groups is 3. The van der Waals surface area contributed by atoms with Gasteiger partial charge in [-0.25, -0.2) is 4.79 Å². The van der Waals surface area contributed by atoms with Crippen molar-refractivity contribution < 1.29 is 14.4 Å². The zero-order valence-corrected chi connectivity index (χ0v) is 13.8. The van der Waals surface area contributed by atoms with Gasteiger partial charge in [0.2, 0.25) is 0 Å². The summed E-state index contributed by atoms with van der Waals surface area (Å²) in [5.74, 6) is -1.55. The molecule has 1 saturated carbocycles. The molecule has 4 amide bonds. The second kappa shape index (κ2) is 6.82. The van der Waals surface area contributed by atoms with Crippen LogP contribution in [0.15, 0.2) is 29.4 Å². The second-order valence-electron chi connectivity index (χ2n) is 6.18. The first kappa shape index (κ1) is 17.4. The molecule has 1 heterocycles. The highest BCUT2D eigenvalue weighted by Gasteiger charge is 2.55. The number of hydrazone groups is 1. The van der Waals surface area contributed by atoms with Crippen molar-refractivity contribution in [2.24, 2.45) is 11.0 Å². The Bertz CT molecular complexity index is 803. The number of hydrogen-bond acceptors (Lipinski definition) is 7. The van der Waals surface area contributed by atoms with Gasteiger partial charge in [-0.1, -0.05) is 12.5 Å². The number of hydrogen-bond donors (Lipinski definition) is 6. The SMILES string of the molecule is N=C/C(=N\Nc1cccc(N)c1)C(=O)NC1(C2CCC2)NC(=O)NC1=O. The van der Waals surface area contributed by atoms with E-state index in [4.69, 9.17) is 11.1 Å². The molecular weight excluding hydrogens is 338 g/mol. The molecule has 10 nitrogen and oxygen atoms in total. The summed E-state index contributed by atoms with van der Waals surface area (Å²) in [7, 11) is 0. The van der Waals surface area contributed by atoms with Crippen molar-refractivity contribution in [2.75, 3.05) is 11.2 Å². The minimum Gasteiger partial charge on any atom is -0.399 e. The molecule has 2 fully saturated rings. The fourth-order valence-electron chi connectivity index (χ4n) is 2.91. The van der Waals surface area contributed by atoms with Crippen LogP contribution >= 0.6 is 0 Å². The fourth-order valence-corrected chi connectivity index (χ4v) is 2.91. The van der Waals surface area contributed by atoms with Crippen molar-refractivity contribution in [1.29, 1.82) is 5.41 Å². The highest BCUT2D eigenvalue weighted by atomic mass is 16.2. The number of nitrogens with two attached hydrogens (primary N) is 1. The monoisotopic (exact) mass is 357 g/mol. The maximum absolute atomic E-state index is 12.5. The average Bonchev–Trinajstić information content (AvgIpc) is 2.80. The zero-order chi connectivity index (χ0) is 18.7. The van der Waals surface area contributed by atoms with Crippen LogP contribution in [-0.4, -0.2) is 35.4 Å². The Kier molecular flexibility index (Phi) is 4.57. The van der Waals surface area contributed by atoms with Crippen LogP contribution in [0, 0.1) is 11.3 Å². The van der Waals surface area contributed by atoms with E-state index in [-0.39, 0.29) is 11.6 Å². The number of anilines is 2. The van der Waals surface area contributed by atoms with E-state index in [1.807, 2.05) is 0 Å². The van der Waals surface area contributed by atoms with Gasteiger partial charge in [-0.05, 0) is 31.0 Å². The number of urea groups is 1. The summed E-state index contributed by atoms with van der Waals surface area (Å²) in [4.78, 5) is 36.4. The molecule has 0 radical (unpaired) electrons. The second-order valence-corrected chi connectivity index (χ2v) is 6.18. The van der Waals surface area contributed by atoms with Crippen molar-refractivity contribution in [3.63, 3.8) is 0 Å². The van der Waals surface area contributed by atoms with E-state index in [0.29, 0.717) is 24.2 Å². The fraction of sp³-hybridized carbons (Fsp3) is 0.312. The Morgan fingerprint density at radius 3 is 2.69 bits per heavy atom. The minimum atomic E-state index is -1.51. The molecule has 0 spiro atoms. The van der Waals surface area contributed by atoms with Crippen LogP contribution in [0.2, 0.25) is 0 Å². The number of imide groups is 1. The Labute approximate surface area is 149 Å². The molecule has 1 unspecified atom stereocenters. The molecule has 136 valence electrons. The molecule has 2 aliphatic rings. The van der Waals surface area contributed by atoms with Crippen LogP contribution in [-0.2, 0) is 9.59 Å². The third-order valence-electron chi connectivity index (χ3n) is 4.49. The Morgan fingerprint density at radius 2 is 2.15 bits per heavy atom. The predicted molar refractivity (Wildman–Crippen MR) is 95.6 cm³/mol. The number of rotatable bonds is 6. The molecule has 1 aliphatic heterocycles. The Morgan fingerprint density at radius 1 is 1.38 bits per heavy atom. The summed E-state index contributed by atoms with van der Waals surface area (Å²) in [6.45, 7) is 0. The van der Waals surface area contributed by atoms with Gasteiger partial charge in [0.25, 0.3) is 11.8 Å². The third kappa shape index (κ3) is 3.21.